The summed E-state index contributed by atoms with van der Waals surface area (Å²) in [7, 11) is 0. The lowest BCUT2D eigenvalue weighted by molar-refractivity contribution is -0.0879. The Labute approximate surface area is 188 Å². The normalized spacial score (nSPS) is 48.4. The van der Waals surface area contributed by atoms with Crippen molar-refractivity contribution < 1.29 is 5.11 Å². The molecular formula is C29H52O. The fraction of sp³-hybridized carbons (Fsp3) is 1.00. The molecule has 0 aromatic carbocycles. The highest BCUT2D eigenvalue weighted by atomic mass is 16.3. The Kier molecular flexibility index (Phi) is 6.72. The smallest absolute Gasteiger partial charge is 0.0543 e. The molecule has 0 saturated heterocycles. The zero-order valence-corrected chi connectivity index (χ0v) is 21.1. The molecule has 10 atom stereocenters. The first-order valence-electron chi connectivity index (χ1n) is 13.8. The van der Waals surface area contributed by atoms with Crippen molar-refractivity contribution in [2.75, 3.05) is 0 Å². The van der Waals surface area contributed by atoms with E-state index in [1.807, 2.05) is 0 Å². The predicted octanol–water partition coefficient (Wildman–Crippen LogP) is 8.10. The summed E-state index contributed by atoms with van der Waals surface area (Å²) >= 11 is 0. The van der Waals surface area contributed by atoms with Gasteiger partial charge in [0.05, 0.1) is 6.10 Å². The van der Waals surface area contributed by atoms with E-state index in [0.717, 1.165) is 60.2 Å². The second kappa shape index (κ2) is 8.72. The molecule has 0 amide bonds. The second-order valence-electron chi connectivity index (χ2n) is 13.4. The van der Waals surface area contributed by atoms with Gasteiger partial charge in [0.15, 0.2) is 0 Å². The number of fused-ring (bicyclic) bond motifs is 5. The van der Waals surface area contributed by atoms with Crippen molar-refractivity contribution in [3.05, 3.63) is 0 Å². The Hall–Kier alpha value is -0.0400. The molecule has 1 N–H and O–H groups in total. The van der Waals surface area contributed by atoms with E-state index in [2.05, 4.69) is 41.5 Å². The van der Waals surface area contributed by atoms with E-state index in [4.69, 9.17) is 0 Å². The van der Waals surface area contributed by atoms with Crippen molar-refractivity contribution in [3.63, 3.8) is 0 Å². The molecule has 4 aliphatic carbocycles. The highest BCUT2D eigenvalue weighted by Gasteiger charge is 2.59. The first-order valence-corrected chi connectivity index (χ1v) is 13.8. The van der Waals surface area contributed by atoms with E-state index in [1.54, 1.807) is 0 Å². The highest BCUT2D eigenvalue weighted by Crippen LogP contribution is 2.67. The first kappa shape index (κ1) is 23.1. The van der Waals surface area contributed by atoms with Crippen LogP contribution in [-0.2, 0) is 0 Å². The molecule has 4 aliphatic rings. The molecule has 30 heavy (non-hydrogen) atoms. The van der Waals surface area contributed by atoms with Gasteiger partial charge in [-0.25, -0.2) is 0 Å². The summed E-state index contributed by atoms with van der Waals surface area (Å²) in [6.45, 7) is 15.2. The Morgan fingerprint density at radius 3 is 2.23 bits per heavy atom. The Bertz CT molecular complexity index is 583. The fourth-order valence-electron chi connectivity index (χ4n) is 9.48. The van der Waals surface area contributed by atoms with E-state index in [9.17, 15) is 5.11 Å². The van der Waals surface area contributed by atoms with Gasteiger partial charge in [-0.05, 0) is 116 Å². The predicted molar refractivity (Wildman–Crippen MR) is 128 cm³/mol. The van der Waals surface area contributed by atoms with Crippen LogP contribution in [0.1, 0.15) is 119 Å². The maximum absolute atomic E-state index is 10.4. The minimum atomic E-state index is -0.0153. The van der Waals surface area contributed by atoms with Crippen molar-refractivity contribution in [1.29, 1.82) is 0 Å². The van der Waals surface area contributed by atoms with Gasteiger partial charge in [-0.15, -0.1) is 0 Å². The SMILES string of the molecule is CC(C)[C@H](C)CC[C@@H](C)C1CCC2[C@H]3CCCC4C[C@@H](O)CC[C@]4(C)C3CC[C@@]21C. The number of aliphatic hydroxyl groups is 1. The summed E-state index contributed by atoms with van der Waals surface area (Å²) in [4.78, 5) is 0. The van der Waals surface area contributed by atoms with Crippen LogP contribution in [0.3, 0.4) is 0 Å². The third-order valence-corrected chi connectivity index (χ3v) is 11.9. The van der Waals surface area contributed by atoms with Gasteiger partial charge in [0.2, 0.25) is 0 Å². The van der Waals surface area contributed by atoms with Crippen LogP contribution in [0.15, 0.2) is 0 Å². The van der Waals surface area contributed by atoms with E-state index in [-0.39, 0.29) is 6.10 Å². The van der Waals surface area contributed by atoms with Crippen molar-refractivity contribution in [2.24, 2.45) is 58.2 Å². The summed E-state index contributed by atoms with van der Waals surface area (Å²) in [5, 5.41) is 10.4. The molecule has 0 heterocycles. The molecular weight excluding hydrogens is 364 g/mol. The molecule has 1 heteroatoms. The minimum Gasteiger partial charge on any atom is -0.393 e. The van der Waals surface area contributed by atoms with Gasteiger partial charge < -0.3 is 5.11 Å². The maximum Gasteiger partial charge on any atom is 0.0543 e. The third kappa shape index (κ3) is 3.92. The standard InChI is InChI=1S/C29H52O/c1-19(2)20(3)10-11-21(4)25-12-13-26-24-9-7-8-22-18-23(30)14-16-28(22,5)27(24)15-17-29(25,26)6/h19-27,30H,7-18H2,1-6H3/t20-,21-,22?,23+,24-,25?,26?,27?,28+,29-/m1/s1. The van der Waals surface area contributed by atoms with Gasteiger partial charge >= 0.3 is 0 Å². The van der Waals surface area contributed by atoms with E-state index in [0.29, 0.717) is 10.8 Å². The van der Waals surface area contributed by atoms with Crippen LogP contribution < -0.4 is 0 Å². The van der Waals surface area contributed by atoms with Gasteiger partial charge in [-0.3, -0.25) is 0 Å². The lowest BCUT2D eigenvalue weighted by Crippen LogP contribution is -2.50. The van der Waals surface area contributed by atoms with E-state index in [1.165, 1.54) is 64.2 Å². The molecule has 0 aromatic rings. The van der Waals surface area contributed by atoms with Gasteiger partial charge in [0.1, 0.15) is 0 Å². The molecule has 0 spiro atoms. The van der Waals surface area contributed by atoms with E-state index >= 15 is 0 Å². The molecule has 0 aromatic heterocycles. The van der Waals surface area contributed by atoms with Crippen molar-refractivity contribution >= 4 is 0 Å². The third-order valence-electron chi connectivity index (χ3n) is 11.9. The molecule has 0 bridgehead atoms. The summed E-state index contributed by atoms with van der Waals surface area (Å²) < 4.78 is 0. The van der Waals surface area contributed by atoms with Gasteiger partial charge in [-0.1, -0.05) is 60.8 Å². The number of hydrogen-bond acceptors (Lipinski definition) is 1. The topological polar surface area (TPSA) is 20.2 Å². The molecule has 4 rings (SSSR count). The molecule has 1 nitrogen and oxygen atoms in total. The maximum atomic E-state index is 10.4. The second-order valence-corrected chi connectivity index (χ2v) is 13.4. The number of aliphatic hydroxyl groups excluding tert-OH is 1. The monoisotopic (exact) mass is 416 g/mol. The van der Waals surface area contributed by atoms with Gasteiger partial charge in [0.25, 0.3) is 0 Å². The van der Waals surface area contributed by atoms with Crippen LogP contribution in [0.25, 0.3) is 0 Å². The molecule has 4 fully saturated rings. The molecule has 0 aliphatic heterocycles. The van der Waals surface area contributed by atoms with Gasteiger partial charge in [-0.2, -0.15) is 0 Å². The van der Waals surface area contributed by atoms with Crippen LogP contribution >= 0.6 is 0 Å². The quantitative estimate of drug-likeness (QED) is 0.480. The zero-order valence-electron chi connectivity index (χ0n) is 21.1. The molecule has 174 valence electrons. The van der Waals surface area contributed by atoms with Crippen molar-refractivity contribution in [3.8, 4) is 0 Å². The van der Waals surface area contributed by atoms with Crippen molar-refractivity contribution in [2.45, 2.75) is 125 Å². The number of hydrogen-bond donors (Lipinski definition) is 1. The first-order chi connectivity index (χ1) is 14.2. The lowest BCUT2D eigenvalue weighted by Gasteiger charge is -2.56. The van der Waals surface area contributed by atoms with Crippen LogP contribution in [0.2, 0.25) is 0 Å². The fourth-order valence-corrected chi connectivity index (χ4v) is 9.48. The summed E-state index contributed by atoms with van der Waals surface area (Å²) in [5.74, 6) is 7.23. The van der Waals surface area contributed by atoms with Crippen LogP contribution in [0, 0.1) is 58.2 Å². The lowest BCUT2D eigenvalue weighted by atomic mass is 9.48. The van der Waals surface area contributed by atoms with Crippen molar-refractivity contribution in [1.82, 2.24) is 0 Å². The Balaban J connectivity index is 1.49. The van der Waals surface area contributed by atoms with Crippen LogP contribution in [0.5, 0.6) is 0 Å². The van der Waals surface area contributed by atoms with Crippen LogP contribution in [-0.4, -0.2) is 11.2 Å². The molecule has 0 radical (unpaired) electrons. The summed E-state index contributed by atoms with van der Waals surface area (Å²) in [5.41, 5.74) is 1.12. The average Bonchev–Trinajstić information content (AvgIpc) is 2.98. The largest absolute Gasteiger partial charge is 0.393 e. The zero-order chi connectivity index (χ0) is 21.7. The highest BCUT2D eigenvalue weighted by molar-refractivity contribution is 5.08. The Morgan fingerprint density at radius 1 is 0.800 bits per heavy atom. The van der Waals surface area contributed by atoms with E-state index < -0.39 is 0 Å². The summed E-state index contributed by atoms with van der Waals surface area (Å²) in [6.07, 6.45) is 16.6. The average molecular weight is 417 g/mol. The molecule has 4 unspecified atom stereocenters. The van der Waals surface area contributed by atoms with Crippen LogP contribution in [0.4, 0.5) is 0 Å². The van der Waals surface area contributed by atoms with Gasteiger partial charge in [0, 0.05) is 0 Å². The Morgan fingerprint density at radius 2 is 1.50 bits per heavy atom. The summed E-state index contributed by atoms with van der Waals surface area (Å²) in [6, 6.07) is 0. The number of rotatable bonds is 5. The minimum absolute atomic E-state index is 0.0153. The molecule has 4 saturated carbocycles.